The number of carbonyl (C=O) groups excluding carboxylic acids is 1. The topological polar surface area (TPSA) is 90.1 Å². The average Bonchev–Trinajstić information content (AvgIpc) is 2.77. The zero-order chi connectivity index (χ0) is 16.4. The first kappa shape index (κ1) is 15.7. The van der Waals surface area contributed by atoms with Crippen molar-refractivity contribution in [3.63, 3.8) is 0 Å². The summed E-state index contributed by atoms with van der Waals surface area (Å²) >= 11 is 0. The van der Waals surface area contributed by atoms with Gasteiger partial charge in [0.05, 0.1) is 16.7 Å². The Morgan fingerprint density at radius 1 is 1.45 bits per heavy atom. The molecule has 7 heteroatoms. The third kappa shape index (κ3) is 3.13. The van der Waals surface area contributed by atoms with Crippen molar-refractivity contribution in [2.75, 3.05) is 5.32 Å². The van der Waals surface area contributed by atoms with Crippen molar-refractivity contribution in [3.8, 4) is 0 Å². The zero-order valence-corrected chi connectivity index (χ0v) is 13.0. The summed E-state index contributed by atoms with van der Waals surface area (Å²) in [6, 6.07) is 4.31. The summed E-state index contributed by atoms with van der Waals surface area (Å²) in [5, 5.41) is 18.6. The molecule has 1 aromatic carbocycles. The lowest BCUT2D eigenvalue weighted by Gasteiger charge is -2.15. The molecule has 1 heterocycles. The Morgan fingerprint density at radius 2 is 2.14 bits per heavy atom. The first-order valence-corrected chi connectivity index (χ1v) is 6.85. The largest absolute Gasteiger partial charge is 0.373 e. The van der Waals surface area contributed by atoms with Crippen LogP contribution in [0.5, 0.6) is 0 Å². The number of anilines is 1. The number of aromatic nitrogens is 2. The maximum atomic E-state index is 11.4. The van der Waals surface area contributed by atoms with E-state index in [0.717, 1.165) is 11.3 Å². The fourth-order valence-corrected chi connectivity index (χ4v) is 2.38. The quantitative estimate of drug-likeness (QED) is 0.521. The Balaban J connectivity index is 2.34. The lowest BCUT2D eigenvalue weighted by molar-refractivity contribution is -0.384. The van der Waals surface area contributed by atoms with Crippen LogP contribution in [0.4, 0.5) is 11.4 Å². The Labute approximate surface area is 128 Å². The van der Waals surface area contributed by atoms with Gasteiger partial charge in [-0.15, -0.1) is 0 Å². The number of hydrogen-bond acceptors (Lipinski definition) is 5. The van der Waals surface area contributed by atoms with Crippen molar-refractivity contribution in [3.05, 3.63) is 51.3 Å². The highest BCUT2D eigenvalue weighted by Gasteiger charge is 2.19. The summed E-state index contributed by atoms with van der Waals surface area (Å²) in [5.41, 5.74) is 2.42. The molecule has 0 radical (unpaired) electrons. The van der Waals surface area contributed by atoms with Crippen LogP contribution in [0.2, 0.25) is 0 Å². The molecular weight excluding hydrogens is 284 g/mol. The van der Waals surface area contributed by atoms with Crippen molar-refractivity contribution in [2.24, 2.45) is 7.05 Å². The highest BCUT2D eigenvalue weighted by molar-refractivity contribution is 5.95. The van der Waals surface area contributed by atoms with Gasteiger partial charge in [-0.3, -0.25) is 19.6 Å². The number of aryl methyl sites for hydroxylation is 2. The number of rotatable bonds is 5. The van der Waals surface area contributed by atoms with Crippen LogP contribution in [0, 0.1) is 17.0 Å². The van der Waals surface area contributed by atoms with Crippen LogP contribution in [0.3, 0.4) is 0 Å². The number of nitrogens with one attached hydrogen (secondary N) is 1. The van der Waals surface area contributed by atoms with Crippen LogP contribution in [-0.2, 0) is 7.05 Å². The Kier molecular flexibility index (Phi) is 4.25. The minimum Gasteiger partial charge on any atom is -0.373 e. The number of ketones is 1. The molecule has 0 aliphatic rings. The Bertz CT molecular complexity index is 736. The fourth-order valence-electron chi connectivity index (χ4n) is 2.38. The summed E-state index contributed by atoms with van der Waals surface area (Å²) in [4.78, 5) is 22.1. The minimum absolute atomic E-state index is 0.110. The predicted octanol–water partition coefficient (Wildman–Crippen LogP) is 3.01. The molecular formula is C15H18N4O3. The van der Waals surface area contributed by atoms with Crippen LogP contribution in [0.1, 0.15) is 41.5 Å². The zero-order valence-electron chi connectivity index (χ0n) is 13.0. The molecule has 116 valence electrons. The van der Waals surface area contributed by atoms with Gasteiger partial charge in [-0.25, -0.2) is 0 Å². The number of nitro groups is 1. The van der Waals surface area contributed by atoms with Crippen molar-refractivity contribution in [2.45, 2.75) is 26.8 Å². The molecule has 7 nitrogen and oxygen atoms in total. The molecule has 1 N–H and O–H groups in total. The van der Waals surface area contributed by atoms with Crippen LogP contribution in [0.15, 0.2) is 24.4 Å². The van der Waals surface area contributed by atoms with Gasteiger partial charge in [0, 0.05) is 30.4 Å². The van der Waals surface area contributed by atoms with E-state index in [1.807, 2.05) is 27.1 Å². The van der Waals surface area contributed by atoms with E-state index in [-0.39, 0.29) is 17.5 Å². The maximum absolute atomic E-state index is 11.4. The standard InChI is InChI=1S/C15H18N4O3/c1-9(13-8-18(4)17-10(13)2)16-14-6-5-12(11(3)20)7-15(14)19(21)22/h5-9,16H,1-4H3/t9-/m1/s1. The van der Waals surface area contributed by atoms with Gasteiger partial charge in [0.25, 0.3) is 5.69 Å². The van der Waals surface area contributed by atoms with Crippen LogP contribution < -0.4 is 5.32 Å². The van der Waals surface area contributed by atoms with Gasteiger partial charge in [-0.1, -0.05) is 0 Å². The second-order valence-electron chi connectivity index (χ2n) is 5.25. The van der Waals surface area contributed by atoms with E-state index in [1.54, 1.807) is 16.8 Å². The number of carbonyl (C=O) groups is 1. The summed E-state index contributed by atoms with van der Waals surface area (Å²) < 4.78 is 1.70. The lowest BCUT2D eigenvalue weighted by Crippen LogP contribution is -2.09. The smallest absolute Gasteiger partial charge is 0.293 e. The number of nitro benzene ring substituents is 1. The molecule has 0 spiro atoms. The lowest BCUT2D eigenvalue weighted by atomic mass is 10.1. The van der Waals surface area contributed by atoms with Gasteiger partial charge in [0.1, 0.15) is 5.69 Å². The average molecular weight is 302 g/mol. The Morgan fingerprint density at radius 3 is 2.64 bits per heavy atom. The first-order valence-electron chi connectivity index (χ1n) is 6.85. The highest BCUT2D eigenvalue weighted by Crippen LogP contribution is 2.30. The Hall–Kier alpha value is -2.70. The van der Waals surface area contributed by atoms with Crippen LogP contribution in [-0.4, -0.2) is 20.5 Å². The molecule has 1 atom stereocenters. The summed E-state index contributed by atoms with van der Waals surface area (Å²) in [5.74, 6) is -0.203. The van der Waals surface area contributed by atoms with Gasteiger partial charge in [0.15, 0.2) is 5.78 Å². The molecule has 22 heavy (non-hydrogen) atoms. The second kappa shape index (κ2) is 5.97. The molecule has 0 amide bonds. The van der Waals surface area contributed by atoms with E-state index < -0.39 is 4.92 Å². The normalized spacial score (nSPS) is 12.0. The molecule has 0 fully saturated rings. The van der Waals surface area contributed by atoms with E-state index in [4.69, 9.17) is 0 Å². The monoisotopic (exact) mass is 302 g/mol. The van der Waals surface area contributed by atoms with Gasteiger partial charge in [-0.2, -0.15) is 5.10 Å². The van der Waals surface area contributed by atoms with Crippen molar-refractivity contribution < 1.29 is 9.72 Å². The van der Waals surface area contributed by atoms with Gasteiger partial charge >= 0.3 is 0 Å². The SMILES string of the molecule is CC(=O)c1ccc(N[C@H](C)c2cn(C)nc2C)c([N+](=O)[O-])c1. The maximum Gasteiger partial charge on any atom is 0.293 e. The predicted molar refractivity (Wildman–Crippen MR) is 83.1 cm³/mol. The van der Waals surface area contributed by atoms with E-state index in [1.165, 1.54) is 13.0 Å². The third-order valence-corrected chi connectivity index (χ3v) is 3.49. The van der Waals surface area contributed by atoms with E-state index in [9.17, 15) is 14.9 Å². The van der Waals surface area contributed by atoms with Gasteiger partial charge < -0.3 is 5.32 Å². The summed E-state index contributed by atoms with van der Waals surface area (Å²) in [6.07, 6.45) is 1.88. The molecule has 1 aromatic heterocycles. The molecule has 0 aliphatic carbocycles. The number of Topliss-reactive ketones (excluding diaryl/α,β-unsaturated/α-hetero) is 1. The summed E-state index contributed by atoms with van der Waals surface area (Å²) in [7, 11) is 1.83. The third-order valence-electron chi connectivity index (χ3n) is 3.49. The molecule has 0 aliphatic heterocycles. The summed E-state index contributed by atoms with van der Waals surface area (Å²) in [6.45, 7) is 5.18. The molecule has 2 aromatic rings. The van der Waals surface area contributed by atoms with Gasteiger partial charge in [0.2, 0.25) is 0 Å². The highest BCUT2D eigenvalue weighted by atomic mass is 16.6. The van der Waals surface area contributed by atoms with Crippen molar-refractivity contribution in [1.82, 2.24) is 9.78 Å². The molecule has 0 unspecified atom stereocenters. The minimum atomic E-state index is -0.488. The first-order chi connectivity index (χ1) is 10.3. The van der Waals surface area contributed by atoms with Crippen molar-refractivity contribution >= 4 is 17.2 Å². The molecule has 0 saturated heterocycles. The van der Waals surface area contributed by atoms with E-state index in [2.05, 4.69) is 10.4 Å². The molecule has 2 rings (SSSR count). The van der Waals surface area contributed by atoms with E-state index in [0.29, 0.717) is 11.3 Å². The van der Waals surface area contributed by atoms with Crippen LogP contribution >= 0.6 is 0 Å². The number of benzene rings is 1. The van der Waals surface area contributed by atoms with E-state index >= 15 is 0 Å². The van der Waals surface area contributed by atoms with Gasteiger partial charge in [-0.05, 0) is 32.9 Å². The van der Waals surface area contributed by atoms with Crippen molar-refractivity contribution in [1.29, 1.82) is 0 Å². The second-order valence-corrected chi connectivity index (χ2v) is 5.25. The number of nitrogens with zero attached hydrogens (tertiary/aromatic N) is 3. The molecule has 0 saturated carbocycles. The number of hydrogen-bond donors (Lipinski definition) is 1. The molecule has 0 bridgehead atoms. The van der Waals surface area contributed by atoms with Crippen LogP contribution in [0.25, 0.3) is 0 Å². The fraction of sp³-hybridized carbons (Fsp3) is 0.333.